The van der Waals surface area contributed by atoms with Crippen LogP contribution in [-0.4, -0.2) is 48.8 Å². The maximum atomic E-state index is 12.6. The minimum Gasteiger partial charge on any atom is -0.375 e. The summed E-state index contributed by atoms with van der Waals surface area (Å²) in [5, 5.41) is 1.08. The Balaban J connectivity index is 1.62. The number of anilines is 1. The largest absolute Gasteiger partial charge is 0.375 e. The van der Waals surface area contributed by atoms with Gasteiger partial charge in [0.15, 0.2) is 5.13 Å². The Kier molecular flexibility index (Phi) is 4.88. The molecule has 6 nitrogen and oxygen atoms in total. The Hall–Kier alpha value is -1.19. The van der Waals surface area contributed by atoms with Gasteiger partial charge in [0.1, 0.15) is 0 Å². The molecule has 0 unspecified atom stereocenters. The summed E-state index contributed by atoms with van der Waals surface area (Å²) in [5.41, 5.74) is 5.63. The van der Waals surface area contributed by atoms with Gasteiger partial charge < -0.3 is 5.73 Å². The van der Waals surface area contributed by atoms with Crippen LogP contribution in [0.5, 0.6) is 0 Å². The van der Waals surface area contributed by atoms with Gasteiger partial charge in [-0.15, -0.1) is 11.3 Å². The SMILES string of the molecule is Nc1ncc(CN2CCN(S(=O)(=O)c3ccc(Cl)cc3)CC2)s1. The molecule has 23 heavy (non-hydrogen) atoms. The predicted octanol–water partition coefficient (Wildman–Crippen LogP) is 1.89. The lowest BCUT2D eigenvalue weighted by molar-refractivity contribution is 0.183. The first-order valence-corrected chi connectivity index (χ1v) is 9.77. The van der Waals surface area contributed by atoms with Gasteiger partial charge in [0.2, 0.25) is 10.0 Å². The third-order valence-electron chi connectivity index (χ3n) is 3.73. The Labute approximate surface area is 144 Å². The lowest BCUT2D eigenvalue weighted by Crippen LogP contribution is -2.48. The van der Waals surface area contributed by atoms with Crippen molar-refractivity contribution < 1.29 is 8.42 Å². The molecule has 1 aromatic heterocycles. The van der Waals surface area contributed by atoms with E-state index < -0.39 is 10.0 Å². The van der Waals surface area contributed by atoms with Crippen molar-refractivity contribution in [1.82, 2.24) is 14.2 Å². The minimum absolute atomic E-state index is 0.283. The number of aromatic nitrogens is 1. The maximum absolute atomic E-state index is 12.6. The van der Waals surface area contributed by atoms with Crippen LogP contribution < -0.4 is 5.73 Å². The molecular weight excluding hydrogens is 356 g/mol. The standard InChI is InChI=1S/C14H17ClN4O2S2/c15-11-1-3-13(4-2-11)23(20,21)19-7-5-18(6-8-19)10-12-9-17-14(16)22-12/h1-4,9H,5-8,10H2,(H2,16,17). The van der Waals surface area contributed by atoms with E-state index in [9.17, 15) is 8.42 Å². The fraction of sp³-hybridized carbons (Fsp3) is 0.357. The number of benzene rings is 1. The summed E-state index contributed by atoms with van der Waals surface area (Å²) in [5.74, 6) is 0. The van der Waals surface area contributed by atoms with Gasteiger partial charge in [-0.1, -0.05) is 11.6 Å². The van der Waals surface area contributed by atoms with Crippen molar-refractivity contribution in [2.24, 2.45) is 0 Å². The van der Waals surface area contributed by atoms with E-state index in [0.29, 0.717) is 36.3 Å². The number of hydrogen-bond acceptors (Lipinski definition) is 6. The molecule has 9 heteroatoms. The second kappa shape index (κ2) is 6.74. The highest BCUT2D eigenvalue weighted by Gasteiger charge is 2.28. The maximum Gasteiger partial charge on any atom is 0.243 e. The highest BCUT2D eigenvalue weighted by molar-refractivity contribution is 7.89. The molecule has 1 aromatic carbocycles. The van der Waals surface area contributed by atoms with Crippen molar-refractivity contribution in [1.29, 1.82) is 0 Å². The minimum atomic E-state index is -3.45. The highest BCUT2D eigenvalue weighted by atomic mass is 35.5. The normalized spacial score (nSPS) is 17.4. The van der Waals surface area contributed by atoms with E-state index in [1.165, 1.54) is 15.6 Å². The molecule has 0 aliphatic carbocycles. The first-order valence-electron chi connectivity index (χ1n) is 7.13. The van der Waals surface area contributed by atoms with E-state index in [2.05, 4.69) is 9.88 Å². The second-order valence-electron chi connectivity index (χ2n) is 5.30. The van der Waals surface area contributed by atoms with E-state index >= 15 is 0 Å². The van der Waals surface area contributed by atoms with Gasteiger partial charge >= 0.3 is 0 Å². The van der Waals surface area contributed by atoms with Crippen molar-refractivity contribution in [3.05, 3.63) is 40.4 Å². The summed E-state index contributed by atoms with van der Waals surface area (Å²) in [7, 11) is -3.45. The number of piperazine rings is 1. The van der Waals surface area contributed by atoms with Gasteiger partial charge in [-0.25, -0.2) is 13.4 Å². The molecule has 2 aromatic rings. The van der Waals surface area contributed by atoms with Crippen molar-refractivity contribution in [3.8, 4) is 0 Å². The van der Waals surface area contributed by atoms with Crippen LogP contribution in [0.4, 0.5) is 5.13 Å². The molecule has 1 fully saturated rings. The van der Waals surface area contributed by atoms with Crippen LogP contribution in [0.15, 0.2) is 35.4 Å². The Morgan fingerprint density at radius 3 is 2.39 bits per heavy atom. The van der Waals surface area contributed by atoms with Gasteiger partial charge in [0, 0.05) is 48.8 Å². The van der Waals surface area contributed by atoms with Crippen molar-refractivity contribution >= 4 is 38.1 Å². The first-order chi connectivity index (χ1) is 10.9. The number of rotatable bonds is 4. The van der Waals surface area contributed by atoms with Gasteiger partial charge in [-0.05, 0) is 24.3 Å². The second-order valence-corrected chi connectivity index (χ2v) is 8.82. The molecule has 0 amide bonds. The third kappa shape index (κ3) is 3.84. The molecule has 124 valence electrons. The zero-order valence-electron chi connectivity index (χ0n) is 12.4. The summed E-state index contributed by atoms with van der Waals surface area (Å²) in [6.07, 6.45) is 1.77. The van der Waals surface area contributed by atoms with Crippen molar-refractivity contribution in [3.63, 3.8) is 0 Å². The summed E-state index contributed by atoms with van der Waals surface area (Å²) < 4.78 is 26.7. The number of nitrogens with zero attached hydrogens (tertiary/aromatic N) is 3. The molecule has 1 aliphatic rings. The molecule has 0 atom stereocenters. The van der Waals surface area contributed by atoms with Gasteiger partial charge in [0.25, 0.3) is 0 Å². The first kappa shape index (κ1) is 16.7. The van der Waals surface area contributed by atoms with Gasteiger partial charge in [-0.2, -0.15) is 4.31 Å². The van der Waals surface area contributed by atoms with Crippen LogP contribution in [0.3, 0.4) is 0 Å². The van der Waals surface area contributed by atoms with Crippen LogP contribution in [0.25, 0.3) is 0 Å². The van der Waals surface area contributed by atoms with Crippen LogP contribution in [-0.2, 0) is 16.6 Å². The molecule has 2 N–H and O–H groups in total. The average Bonchev–Trinajstić information content (AvgIpc) is 2.93. The predicted molar refractivity (Wildman–Crippen MR) is 92.0 cm³/mol. The fourth-order valence-electron chi connectivity index (χ4n) is 2.50. The molecular formula is C14H17ClN4O2S2. The number of nitrogens with two attached hydrogens (primary N) is 1. The monoisotopic (exact) mass is 372 g/mol. The summed E-state index contributed by atoms with van der Waals surface area (Å²) in [4.78, 5) is 7.62. The zero-order valence-corrected chi connectivity index (χ0v) is 14.7. The van der Waals surface area contributed by atoms with E-state index in [4.69, 9.17) is 17.3 Å². The number of hydrogen-bond donors (Lipinski definition) is 1. The molecule has 3 rings (SSSR count). The quantitative estimate of drug-likeness (QED) is 0.886. The number of sulfonamides is 1. The van der Waals surface area contributed by atoms with Crippen molar-refractivity contribution in [2.75, 3.05) is 31.9 Å². The smallest absolute Gasteiger partial charge is 0.243 e. The highest BCUT2D eigenvalue weighted by Crippen LogP contribution is 2.21. The molecule has 0 bridgehead atoms. The molecule has 2 heterocycles. The van der Waals surface area contributed by atoms with Crippen LogP contribution >= 0.6 is 22.9 Å². The molecule has 0 radical (unpaired) electrons. The number of halogens is 1. The van der Waals surface area contributed by atoms with Crippen molar-refractivity contribution in [2.45, 2.75) is 11.4 Å². The number of nitrogen functional groups attached to an aromatic ring is 1. The van der Waals surface area contributed by atoms with E-state index in [1.54, 1.807) is 30.5 Å². The van der Waals surface area contributed by atoms with E-state index in [0.717, 1.165) is 11.4 Å². The molecule has 1 aliphatic heterocycles. The summed E-state index contributed by atoms with van der Waals surface area (Å²) in [6, 6.07) is 6.28. The summed E-state index contributed by atoms with van der Waals surface area (Å²) in [6.45, 7) is 3.07. The Bertz CT molecular complexity index is 768. The Morgan fingerprint density at radius 1 is 1.17 bits per heavy atom. The Morgan fingerprint density at radius 2 is 1.83 bits per heavy atom. The van der Waals surface area contributed by atoms with Gasteiger partial charge in [-0.3, -0.25) is 4.90 Å². The zero-order chi connectivity index (χ0) is 16.4. The molecule has 1 saturated heterocycles. The van der Waals surface area contributed by atoms with E-state index in [1.807, 2.05) is 0 Å². The molecule has 0 spiro atoms. The van der Waals surface area contributed by atoms with Crippen LogP contribution in [0.1, 0.15) is 4.88 Å². The molecule has 0 saturated carbocycles. The van der Waals surface area contributed by atoms with Crippen LogP contribution in [0, 0.1) is 0 Å². The van der Waals surface area contributed by atoms with E-state index in [-0.39, 0.29) is 4.90 Å². The summed E-state index contributed by atoms with van der Waals surface area (Å²) >= 11 is 7.28. The number of thiazole rings is 1. The van der Waals surface area contributed by atoms with Gasteiger partial charge in [0.05, 0.1) is 4.90 Å². The lowest BCUT2D eigenvalue weighted by Gasteiger charge is -2.33. The fourth-order valence-corrected chi connectivity index (χ4v) is 4.77. The van der Waals surface area contributed by atoms with Crippen LogP contribution in [0.2, 0.25) is 5.02 Å². The topological polar surface area (TPSA) is 79.5 Å². The lowest BCUT2D eigenvalue weighted by atomic mass is 10.3. The average molecular weight is 373 g/mol. The third-order valence-corrected chi connectivity index (χ3v) is 6.71.